The molecule has 0 aliphatic carbocycles. The molecular formula is C12H21NO2. The molecule has 0 spiro atoms. The normalized spacial score (nSPS) is 20.4. The molecule has 0 saturated carbocycles. The zero-order chi connectivity index (χ0) is 11.5. The molecule has 1 N–H and O–H groups in total. The summed E-state index contributed by atoms with van der Waals surface area (Å²) in [5, 5.41) is 9.47. The predicted octanol–water partition coefficient (Wildman–Crippen LogP) is 1.43. The molecule has 1 fully saturated rings. The van der Waals surface area contributed by atoms with E-state index in [9.17, 15) is 9.90 Å². The molecule has 0 bridgehead atoms. The van der Waals surface area contributed by atoms with Gasteiger partial charge in [-0.15, -0.1) is 0 Å². The van der Waals surface area contributed by atoms with Crippen LogP contribution < -0.4 is 0 Å². The highest BCUT2D eigenvalue weighted by molar-refractivity contribution is 5.87. The Morgan fingerprint density at radius 3 is 2.40 bits per heavy atom. The molecule has 15 heavy (non-hydrogen) atoms. The summed E-state index contributed by atoms with van der Waals surface area (Å²) in [6, 6.07) is 0. The fourth-order valence-corrected chi connectivity index (χ4v) is 2.22. The van der Waals surface area contributed by atoms with Crippen LogP contribution in [0.2, 0.25) is 0 Å². The molecule has 3 nitrogen and oxygen atoms in total. The summed E-state index contributed by atoms with van der Waals surface area (Å²) in [5.41, 5.74) is 0.0119. The third-order valence-electron chi connectivity index (χ3n) is 3.79. The Hall–Kier alpha value is -0.830. The molecule has 86 valence electrons. The second-order valence-electron chi connectivity index (χ2n) is 4.70. The lowest BCUT2D eigenvalue weighted by Gasteiger charge is -2.43. The number of hydrogen-bond donors (Lipinski definition) is 1. The maximum atomic E-state index is 11.4. The molecule has 1 aliphatic heterocycles. The summed E-state index contributed by atoms with van der Waals surface area (Å²) >= 11 is 0. The molecular weight excluding hydrogens is 190 g/mol. The Bertz CT molecular complexity index is 240. The van der Waals surface area contributed by atoms with Gasteiger partial charge in [-0.05, 0) is 30.3 Å². The van der Waals surface area contributed by atoms with E-state index in [1.54, 1.807) is 0 Å². The van der Waals surface area contributed by atoms with Gasteiger partial charge in [-0.25, -0.2) is 0 Å². The Morgan fingerprint density at radius 1 is 1.53 bits per heavy atom. The zero-order valence-corrected chi connectivity index (χ0v) is 9.70. The minimum atomic E-state index is 0.00490. The van der Waals surface area contributed by atoms with E-state index in [0.717, 1.165) is 25.9 Å². The van der Waals surface area contributed by atoms with E-state index in [2.05, 4.69) is 20.4 Å². The minimum Gasteiger partial charge on any atom is -0.396 e. The van der Waals surface area contributed by atoms with Crippen molar-refractivity contribution in [2.24, 2.45) is 11.3 Å². The lowest BCUT2D eigenvalue weighted by atomic mass is 9.71. The van der Waals surface area contributed by atoms with Crippen molar-refractivity contribution in [3.8, 4) is 0 Å². The van der Waals surface area contributed by atoms with Crippen LogP contribution in [0, 0.1) is 11.3 Å². The Labute approximate surface area is 91.8 Å². The van der Waals surface area contributed by atoms with E-state index in [1.807, 2.05) is 4.90 Å². The van der Waals surface area contributed by atoms with Crippen LogP contribution in [0.4, 0.5) is 0 Å². The zero-order valence-electron chi connectivity index (χ0n) is 9.70. The van der Waals surface area contributed by atoms with E-state index < -0.39 is 0 Å². The van der Waals surface area contributed by atoms with Crippen molar-refractivity contribution < 1.29 is 9.90 Å². The smallest absolute Gasteiger partial charge is 0.245 e. The van der Waals surface area contributed by atoms with Crippen LogP contribution in [0.25, 0.3) is 0 Å². The van der Waals surface area contributed by atoms with Crippen LogP contribution >= 0.6 is 0 Å². The number of carbonyl (C=O) groups is 1. The van der Waals surface area contributed by atoms with Crippen LogP contribution in [-0.4, -0.2) is 35.6 Å². The number of nitrogens with zero attached hydrogens (tertiary/aromatic N) is 1. The molecule has 0 atom stereocenters. The van der Waals surface area contributed by atoms with Crippen molar-refractivity contribution in [3.63, 3.8) is 0 Å². The first-order chi connectivity index (χ1) is 7.05. The quantitative estimate of drug-likeness (QED) is 0.717. The minimum absolute atomic E-state index is 0.00490. The first kappa shape index (κ1) is 12.2. The van der Waals surface area contributed by atoms with Gasteiger partial charge in [0.05, 0.1) is 0 Å². The van der Waals surface area contributed by atoms with E-state index >= 15 is 0 Å². The lowest BCUT2D eigenvalue weighted by Crippen LogP contribution is -2.46. The van der Waals surface area contributed by atoms with Crippen molar-refractivity contribution in [3.05, 3.63) is 12.7 Å². The fourth-order valence-electron chi connectivity index (χ4n) is 2.22. The summed E-state index contributed by atoms with van der Waals surface area (Å²) < 4.78 is 0. The molecule has 0 aromatic heterocycles. The second kappa shape index (κ2) is 4.79. The van der Waals surface area contributed by atoms with Crippen molar-refractivity contribution >= 4 is 5.91 Å². The number of amides is 1. The van der Waals surface area contributed by atoms with Gasteiger partial charge in [0.25, 0.3) is 0 Å². The van der Waals surface area contributed by atoms with Gasteiger partial charge in [0.15, 0.2) is 0 Å². The van der Waals surface area contributed by atoms with Gasteiger partial charge >= 0.3 is 0 Å². The molecule has 1 rings (SSSR count). The third kappa shape index (κ3) is 2.40. The summed E-state index contributed by atoms with van der Waals surface area (Å²) in [4.78, 5) is 13.2. The number of hydrogen-bond acceptors (Lipinski definition) is 2. The number of likely N-dealkylation sites (tertiary alicyclic amines) is 1. The third-order valence-corrected chi connectivity index (χ3v) is 3.79. The molecule has 0 aromatic rings. The van der Waals surface area contributed by atoms with Crippen LogP contribution in [0.15, 0.2) is 12.7 Å². The fraction of sp³-hybridized carbons (Fsp3) is 0.750. The van der Waals surface area contributed by atoms with Gasteiger partial charge in [0, 0.05) is 19.7 Å². The van der Waals surface area contributed by atoms with E-state index in [0.29, 0.717) is 5.92 Å². The van der Waals surface area contributed by atoms with Gasteiger partial charge in [-0.2, -0.15) is 0 Å². The average molecular weight is 211 g/mol. The molecule has 1 saturated heterocycles. The van der Waals surface area contributed by atoms with Crippen molar-refractivity contribution in [1.82, 2.24) is 4.90 Å². The predicted molar refractivity (Wildman–Crippen MR) is 60.4 cm³/mol. The Kier molecular flexibility index (Phi) is 3.91. The van der Waals surface area contributed by atoms with Crippen LogP contribution in [0.5, 0.6) is 0 Å². The maximum absolute atomic E-state index is 11.4. The van der Waals surface area contributed by atoms with Gasteiger partial charge in [-0.3, -0.25) is 4.79 Å². The first-order valence-corrected chi connectivity index (χ1v) is 5.58. The number of carbonyl (C=O) groups excluding carboxylic acids is 1. The molecule has 3 heteroatoms. The molecule has 0 aromatic carbocycles. The van der Waals surface area contributed by atoms with E-state index in [4.69, 9.17) is 0 Å². The summed E-state index contributed by atoms with van der Waals surface area (Å²) in [5.74, 6) is 0.466. The lowest BCUT2D eigenvalue weighted by molar-refractivity contribution is -0.129. The molecule has 1 heterocycles. The Morgan fingerprint density at radius 2 is 2.07 bits per heavy atom. The molecule has 0 unspecified atom stereocenters. The monoisotopic (exact) mass is 211 g/mol. The van der Waals surface area contributed by atoms with Gasteiger partial charge in [0.2, 0.25) is 5.91 Å². The SMILES string of the molecule is C=CC(=O)N1CCC(CO)(C(C)C)CC1. The molecule has 0 radical (unpaired) electrons. The number of rotatable bonds is 3. The van der Waals surface area contributed by atoms with Crippen LogP contribution in [0.1, 0.15) is 26.7 Å². The molecule has 1 aliphatic rings. The number of piperidine rings is 1. The highest BCUT2D eigenvalue weighted by Gasteiger charge is 2.37. The van der Waals surface area contributed by atoms with Crippen molar-refractivity contribution in [2.45, 2.75) is 26.7 Å². The van der Waals surface area contributed by atoms with Crippen LogP contribution in [0.3, 0.4) is 0 Å². The molecule has 1 amide bonds. The van der Waals surface area contributed by atoms with Crippen molar-refractivity contribution in [1.29, 1.82) is 0 Å². The highest BCUT2D eigenvalue weighted by Crippen LogP contribution is 2.38. The Balaban J connectivity index is 2.61. The standard InChI is InChI=1S/C12H21NO2/c1-4-11(15)13-7-5-12(9-14,6-8-13)10(2)3/h4,10,14H,1,5-9H2,2-3H3. The first-order valence-electron chi connectivity index (χ1n) is 5.58. The summed E-state index contributed by atoms with van der Waals surface area (Å²) in [6.07, 6.45) is 3.14. The second-order valence-corrected chi connectivity index (χ2v) is 4.70. The van der Waals surface area contributed by atoms with Gasteiger partial charge in [-0.1, -0.05) is 20.4 Å². The van der Waals surface area contributed by atoms with E-state index in [-0.39, 0.29) is 17.9 Å². The highest BCUT2D eigenvalue weighted by atomic mass is 16.3. The van der Waals surface area contributed by atoms with Crippen LogP contribution in [-0.2, 0) is 4.79 Å². The summed E-state index contributed by atoms with van der Waals surface area (Å²) in [7, 11) is 0. The van der Waals surface area contributed by atoms with E-state index in [1.165, 1.54) is 6.08 Å². The topological polar surface area (TPSA) is 40.5 Å². The van der Waals surface area contributed by atoms with Crippen molar-refractivity contribution in [2.75, 3.05) is 19.7 Å². The number of aliphatic hydroxyl groups is 1. The largest absolute Gasteiger partial charge is 0.396 e. The summed E-state index contributed by atoms with van der Waals surface area (Å²) in [6.45, 7) is 9.47. The maximum Gasteiger partial charge on any atom is 0.245 e. The average Bonchev–Trinajstić information content (AvgIpc) is 2.28. The van der Waals surface area contributed by atoms with Gasteiger partial charge < -0.3 is 10.0 Å². The number of aliphatic hydroxyl groups excluding tert-OH is 1. The van der Waals surface area contributed by atoms with Gasteiger partial charge in [0.1, 0.15) is 0 Å².